The molecule has 0 fully saturated rings. The molecule has 0 aliphatic carbocycles. The summed E-state index contributed by atoms with van der Waals surface area (Å²) in [5.74, 6) is -0.994. The van der Waals surface area contributed by atoms with Crippen LogP contribution >= 0.6 is 0 Å². The molecular formula is C12H22N2O3S. The number of nitriles is 1. The highest BCUT2D eigenvalue weighted by atomic mass is 32.2. The van der Waals surface area contributed by atoms with Crippen LogP contribution in [0.2, 0.25) is 0 Å². The van der Waals surface area contributed by atoms with Crippen molar-refractivity contribution in [2.45, 2.75) is 46.6 Å². The van der Waals surface area contributed by atoms with E-state index in [2.05, 4.69) is 11.4 Å². The number of nitrogens with zero attached hydrogens (tertiary/aromatic N) is 1. The molecule has 0 spiro atoms. The van der Waals surface area contributed by atoms with Gasteiger partial charge in [0.25, 0.3) is 0 Å². The quantitative estimate of drug-likeness (QED) is 0.757. The summed E-state index contributed by atoms with van der Waals surface area (Å²) in [5.41, 5.74) is -0.518. The van der Waals surface area contributed by atoms with Gasteiger partial charge in [-0.25, -0.2) is 8.42 Å². The van der Waals surface area contributed by atoms with E-state index in [1.165, 1.54) is 0 Å². The minimum Gasteiger partial charge on any atom is -0.353 e. The number of rotatable bonds is 7. The first kappa shape index (κ1) is 16.9. The van der Waals surface area contributed by atoms with Gasteiger partial charge < -0.3 is 5.32 Å². The van der Waals surface area contributed by atoms with E-state index in [4.69, 9.17) is 5.26 Å². The fourth-order valence-electron chi connectivity index (χ4n) is 1.43. The van der Waals surface area contributed by atoms with Crippen molar-refractivity contribution in [2.24, 2.45) is 5.41 Å². The average molecular weight is 274 g/mol. The number of hydrogen-bond donors (Lipinski definition) is 1. The highest BCUT2D eigenvalue weighted by molar-refractivity contribution is 7.92. The molecule has 104 valence electrons. The minimum absolute atomic E-state index is 0.0520. The predicted molar refractivity (Wildman–Crippen MR) is 70.6 cm³/mol. The molecule has 0 aromatic carbocycles. The summed E-state index contributed by atoms with van der Waals surface area (Å²) in [6.45, 7) is 7.09. The van der Waals surface area contributed by atoms with Crippen LogP contribution in [-0.4, -0.2) is 31.9 Å². The normalized spacial score (nSPS) is 12.2. The molecular weight excluding hydrogens is 252 g/mol. The molecule has 0 saturated carbocycles. The van der Waals surface area contributed by atoms with Crippen molar-refractivity contribution in [1.29, 1.82) is 5.26 Å². The Balaban J connectivity index is 4.19. The fourth-order valence-corrected chi connectivity index (χ4v) is 2.64. The van der Waals surface area contributed by atoms with Gasteiger partial charge >= 0.3 is 0 Å². The molecule has 1 amide bonds. The molecule has 1 N–H and O–H groups in total. The third-order valence-corrected chi connectivity index (χ3v) is 3.97. The van der Waals surface area contributed by atoms with Crippen molar-refractivity contribution < 1.29 is 13.2 Å². The van der Waals surface area contributed by atoms with Gasteiger partial charge in [0.15, 0.2) is 9.84 Å². The van der Waals surface area contributed by atoms with Crippen LogP contribution in [0.15, 0.2) is 0 Å². The lowest BCUT2D eigenvalue weighted by Crippen LogP contribution is -2.35. The molecule has 0 unspecified atom stereocenters. The Morgan fingerprint density at radius 3 is 2.39 bits per heavy atom. The molecule has 6 heteroatoms. The Kier molecular flexibility index (Phi) is 6.33. The van der Waals surface area contributed by atoms with E-state index in [-0.39, 0.29) is 11.8 Å². The first-order valence-corrected chi connectivity index (χ1v) is 7.81. The van der Waals surface area contributed by atoms with Crippen LogP contribution in [0.25, 0.3) is 0 Å². The largest absolute Gasteiger partial charge is 0.353 e. The summed E-state index contributed by atoms with van der Waals surface area (Å²) in [7, 11) is -3.38. The minimum atomic E-state index is -3.38. The summed E-state index contributed by atoms with van der Waals surface area (Å²) in [5, 5.41) is 11.4. The first-order valence-electron chi connectivity index (χ1n) is 5.99. The number of hydrogen-bond acceptors (Lipinski definition) is 4. The van der Waals surface area contributed by atoms with E-state index in [1.54, 1.807) is 27.7 Å². The van der Waals surface area contributed by atoms with E-state index in [1.807, 2.05) is 0 Å². The third-order valence-electron chi connectivity index (χ3n) is 2.36. The Labute approximate surface area is 109 Å². The topological polar surface area (TPSA) is 87.0 Å². The van der Waals surface area contributed by atoms with Crippen molar-refractivity contribution in [3.8, 4) is 6.07 Å². The molecule has 0 saturated heterocycles. The van der Waals surface area contributed by atoms with Crippen LogP contribution in [0, 0.1) is 16.7 Å². The summed E-state index contributed by atoms with van der Waals surface area (Å²) in [6.07, 6.45) is 0.909. The standard InChI is InChI=1S/C12H22N2O3S/c1-10(2)14-11(15)8-18(16,17)7-5-6-12(3,4)9-13/h10H,5-8H2,1-4H3,(H,14,15). The maximum Gasteiger partial charge on any atom is 0.235 e. The van der Waals surface area contributed by atoms with Gasteiger partial charge in [0, 0.05) is 6.04 Å². The number of nitrogens with one attached hydrogen (secondary N) is 1. The van der Waals surface area contributed by atoms with Crippen LogP contribution in [0.4, 0.5) is 0 Å². The maximum atomic E-state index is 11.7. The van der Waals surface area contributed by atoms with Crippen LogP contribution in [0.5, 0.6) is 0 Å². The SMILES string of the molecule is CC(C)NC(=O)CS(=O)(=O)CCCC(C)(C)C#N. The smallest absolute Gasteiger partial charge is 0.235 e. The van der Waals surface area contributed by atoms with Crippen LogP contribution in [0.3, 0.4) is 0 Å². The Morgan fingerprint density at radius 2 is 1.94 bits per heavy atom. The van der Waals surface area contributed by atoms with Crippen LogP contribution in [-0.2, 0) is 14.6 Å². The van der Waals surface area contributed by atoms with Crippen LogP contribution in [0.1, 0.15) is 40.5 Å². The second-order valence-electron chi connectivity index (χ2n) is 5.41. The van der Waals surface area contributed by atoms with Crippen molar-refractivity contribution in [1.82, 2.24) is 5.32 Å². The van der Waals surface area contributed by atoms with Gasteiger partial charge in [-0.1, -0.05) is 0 Å². The number of sulfone groups is 1. The second kappa shape index (κ2) is 6.74. The lowest BCUT2D eigenvalue weighted by atomic mass is 9.90. The zero-order valence-electron chi connectivity index (χ0n) is 11.5. The van der Waals surface area contributed by atoms with E-state index < -0.39 is 26.9 Å². The number of carbonyl (C=O) groups excluding carboxylic acids is 1. The number of amides is 1. The van der Waals surface area contributed by atoms with E-state index in [0.717, 1.165) is 0 Å². The lowest BCUT2D eigenvalue weighted by Gasteiger charge is -2.14. The Morgan fingerprint density at radius 1 is 1.39 bits per heavy atom. The zero-order chi connectivity index (χ0) is 14.4. The molecule has 0 aliphatic rings. The Bertz CT molecular complexity index is 419. The zero-order valence-corrected chi connectivity index (χ0v) is 12.3. The molecule has 5 nitrogen and oxygen atoms in total. The van der Waals surface area contributed by atoms with E-state index >= 15 is 0 Å². The van der Waals surface area contributed by atoms with Crippen LogP contribution < -0.4 is 5.32 Å². The summed E-state index contributed by atoms with van der Waals surface area (Å²) in [4.78, 5) is 11.3. The van der Waals surface area contributed by atoms with Gasteiger partial charge in [-0.2, -0.15) is 5.26 Å². The van der Waals surface area contributed by atoms with Gasteiger partial charge in [0.1, 0.15) is 5.75 Å². The maximum absolute atomic E-state index is 11.7. The van der Waals surface area contributed by atoms with Gasteiger partial charge in [-0.15, -0.1) is 0 Å². The van der Waals surface area contributed by atoms with Gasteiger partial charge in [0.2, 0.25) is 5.91 Å². The average Bonchev–Trinajstić information content (AvgIpc) is 2.14. The Hall–Kier alpha value is -1.09. The van der Waals surface area contributed by atoms with Crippen molar-refractivity contribution in [3.05, 3.63) is 0 Å². The molecule has 18 heavy (non-hydrogen) atoms. The predicted octanol–water partition coefficient (Wildman–Crippen LogP) is 1.26. The van der Waals surface area contributed by atoms with Crippen molar-refractivity contribution in [3.63, 3.8) is 0 Å². The highest BCUT2D eigenvalue weighted by Crippen LogP contribution is 2.20. The van der Waals surface area contributed by atoms with Gasteiger partial charge in [-0.3, -0.25) is 4.79 Å². The lowest BCUT2D eigenvalue weighted by molar-refractivity contribution is -0.119. The van der Waals surface area contributed by atoms with Gasteiger partial charge in [0.05, 0.1) is 17.2 Å². The summed E-state index contributed by atoms with van der Waals surface area (Å²) in [6, 6.07) is 2.06. The van der Waals surface area contributed by atoms with Crippen molar-refractivity contribution >= 4 is 15.7 Å². The summed E-state index contributed by atoms with van der Waals surface area (Å²) >= 11 is 0. The molecule has 0 rings (SSSR count). The monoisotopic (exact) mass is 274 g/mol. The van der Waals surface area contributed by atoms with Crippen molar-refractivity contribution in [2.75, 3.05) is 11.5 Å². The fraction of sp³-hybridized carbons (Fsp3) is 0.833. The van der Waals surface area contributed by atoms with E-state index in [0.29, 0.717) is 12.8 Å². The molecule has 0 aliphatic heterocycles. The number of carbonyl (C=O) groups is 1. The molecule has 0 heterocycles. The second-order valence-corrected chi connectivity index (χ2v) is 7.60. The molecule has 0 aromatic rings. The molecule has 0 atom stereocenters. The van der Waals surface area contributed by atoms with E-state index in [9.17, 15) is 13.2 Å². The molecule has 0 bridgehead atoms. The molecule has 0 radical (unpaired) electrons. The summed E-state index contributed by atoms with van der Waals surface area (Å²) < 4.78 is 23.3. The third kappa shape index (κ3) is 8.07. The van der Waals surface area contributed by atoms with Gasteiger partial charge in [-0.05, 0) is 40.5 Å². The first-order chi connectivity index (χ1) is 8.08. The highest BCUT2D eigenvalue weighted by Gasteiger charge is 2.20. The molecule has 0 aromatic heterocycles.